The van der Waals surface area contributed by atoms with Crippen molar-refractivity contribution in [3.63, 3.8) is 0 Å². The van der Waals surface area contributed by atoms with Crippen LogP contribution in [0.3, 0.4) is 0 Å². The molecule has 70 valence electrons. The van der Waals surface area contributed by atoms with Gasteiger partial charge in [-0.05, 0) is 47.6 Å². The van der Waals surface area contributed by atoms with E-state index in [-0.39, 0.29) is 0 Å². The summed E-state index contributed by atoms with van der Waals surface area (Å²) in [5.41, 5.74) is 3.18. The second-order valence-electron chi connectivity index (χ2n) is 4.13. The molecule has 0 radical (unpaired) electrons. The predicted octanol–water partition coefficient (Wildman–Crippen LogP) is 3.72. The van der Waals surface area contributed by atoms with E-state index >= 15 is 0 Å². The van der Waals surface area contributed by atoms with E-state index in [2.05, 4.69) is 36.4 Å². The molecule has 14 heavy (non-hydrogen) atoms. The molecule has 1 aliphatic rings. The van der Waals surface area contributed by atoms with Gasteiger partial charge in [0.25, 0.3) is 0 Å². The number of benzene rings is 2. The van der Waals surface area contributed by atoms with E-state index in [0.717, 1.165) is 0 Å². The van der Waals surface area contributed by atoms with Crippen LogP contribution in [0, 0.1) is 0 Å². The molecule has 0 N–H and O–H groups in total. The van der Waals surface area contributed by atoms with Crippen molar-refractivity contribution in [2.45, 2.75) is 25.7 Å². The number of aryl methyl sites for hydroxylation is 2. The minimum atomic E-state index is 1.27. The van der Waals surface area contributed by atoms with Crippen LogP contribution in [0.1, 0.15) is 24.0 Å². The SMILES string of the molecule is c1ccc2c3c(ccc2c1)CCCC3. The predicted molar refractivity (Wildman–Crippen MR) is 60.6 cm³/mol. The summed E-state index contributed by atoms with van der Waals surface area (Å²) in [5.74, 6) is 0. The van der Waals surface area contributed by atoms with Crippen LogP contribution in [0.2, 0.25) is 0 Å². The molecule has 0 spiro atoms. The Morgan fingerprint density at radius 2 is 1.64 bits per heavy atom. The van der Waals surface area contributed by atoms with Gasteiger partial charge in [-0.3, -0.25) is 0 Å². The lowest BCUT2D eigenvalue weighted by Crippen LogP contribution is -2.02. The molecule has 0 aromatic heterocycles. The minimum absolute atomic E-state index is 1.27. The Morgan fingerprint density at radius 1 is 0.786 bits per heavy atom. The van der Waals surface area contributed by atoms with Crippen LogP contribution in [0.15, 0.2) is 36.4 Å². The quantitative estimate of drug-likeness (QED) is 0.582. The van der Waals surface area contributed by atoms with Crippen LogP contribution in [-0.2, 0) is 12.8 Å². The molecule has 0 atom stereocenters. The maximum Gasteiger partial charge on any atom is -0.0149 e. The zero-order valence-electron chi connectivity index (χ0n) is 8.29. The summed E-state index contributed by atoms with van der Waals surface area (Å²) in [5, 5.41) is 2.87. The van der Waals surface area contributed by atoms with Crippen LogP contribution in [0.4, 0.5) is 0 Å². The summed E-state index contributed by atoms with van der Waals surface area (Å²) in [7, 11) is 0. The standard InChI is InChI=1S/C14H14/c1-3-7-13-11(5-1)9-10-12-6-2-4-8-14(12)13/h1,3,5,7,9-10H,2,4,6,8H2. The minimum Gasteiger partial charge on any atom is -0.0616 e. The molecule has 0 saturated carbocycles. The molecular weight excluding hydrogens is 168 g/mol. The Hall–Kier alpha value is -1.30. The van der Waals surface area contributed by atoms with Crippen molar-refractivity contribution >= 4 is 10.8 Å². The molecule has 0 heterocycles. The Morgan fingerprint density at radius 3 is 2.64 bits per heavy atom. The van der Waals surface area contributed by atoms with E-state index in [1.807, 2.05) is 0 Å². The van der Waals surface area contributed by atoms with Crippen molar-refractivity contribution in [2.75, 3.05) is 0 Å². The lowest BCUT2D eigenvalue weighted by Gasteiger charge is -2.17. The molecule has 0 fully saturated rings. The normalized spacial score (nSPS) is 15.4. The smallest absolute Gasteiger partial charge is 0.0149 e. The van der Waals surface area contributed by atoms with E-state index in [1.54, 1.807) is 11.1 Å². The summed E-state index contributed by atoms with van der Waals surface area (Å²) in [6, 6.07) is 13.3. The molecule has 0 heteroatoms. The fourth-order valence-electron chi connectivity index (χ4n) is 2.53. The largest absolute Gasteiger partial charge is 0.0616 e. The van der Waals surface area contributed by atoms with Gasteiger partial charge in [-0.15, -0.1) is 0 Å². The fraction of sp³-hybridized carbons (Fsp3) is 0.286. The molecule has 2 aromatic rings. The van der Waals surface area contributed by atoms with Gasteiger partial charge in [-0.2, -0.15) is 0 Å². The van der Waals surface area contributed by atoms with Crippen LogP contribution in [0.25, 0.3) is 10.8 Å². The van der Waals surface area contributed by atoms with Crippen molar-refractivity contribution in [3.8, 4) is 0 Å². The van der Waals surface area contributed by atoms with Gasteiger partial charge < -0.3 is 0 Å². The third-order valence-electron chi connectivity index (χ3n) is 3.26. The van der Waals surface area contributed by atoms with E-state index < -0.39 is 0 Å². The zero-order valence-corrected chi connectivity index (χ0v) is 8.29. The van der Waals surface area contributed by atoms with Crippen LogP contribution < -0.4 is 0 Å². The Balaban J connectivity index is 2.34. The molecule has 0 unspecified atom stereocenters. The summed E-state index contributed by atoms with van der Waals surface area (Å²) in [6.07, 6.45) is 5.28. The summed E-state index contributed by atoms with van der Waals surface area (Å²) >= 11 is 0. The molecule has 0 nitrogen and oxygen atoms in total. The van der Waals surface area contributed by atoms with Crippen molar-refractivity contribution < 1.29 is 0 Å². The third-order valence-corrected chi connectivity index (χ3v) is 3.26. The monoisotopic (exact) mass is 182 g/mol. The van der Waals surface area contributed by atoms with E-state index in [4.69, 9.17) is 0 Å². The number of fused-ring (bicyclic) bond motifs is 3. The molecule has 0 aliphatic heterocycles. The molecule has 0 saturated heterocycles. The van der Waals surface area contributed by atoms with Gasteiger partial charge in [0, 0.05) is 0 Å². The average molecular weight is 182 g/mol. The van der Waals surface area contributed by atoms with Crippen molar-refractivity contribution in [2.24, 2.45) is 0 Å². The number of hydrogen-bond donors (Lipinski definition) is 0. The van der Waals surface area contributed by atoms with Crippen molar-refractivity contribution in [3.05, 3.63) is 47.5 Å². The van der Waals surface area contributed by atoms with E-state index in [9.17, 15) is 0 Å². The van der Waals surface area contributed by atoms with Gasteiger partial charge in [0.2, 0.25) is 0 Å². The molecule has 1 aliphatic carbocycles. The second-order valence-corrected chi connectivity index (χ2v) is 4.13. The number of rotatable bonds is 0. The highest BCUT2D eigenvalue weighted by atomic mass is 14.2. The van der Waals surface area contributed by atoms with E-state index in [0.29, 0.717) is 0 Å². The summed E-state index contributed by atoms with van der Waals surface area (Å²) < 4.78 is 0. The molecule has 0 amide bonds. The van der Waals surface area contributed by atoms with Gasteiger partial charge in [0.1, 0.15) is 0 Å². The first kappa shape index (κ1) is 8.05. The van der Waals surface area contributed by atoms with Crippen molar-refractivity contribution in [1.29, 1.82) is 0 Å². The molecule has 3 rings (SSSR count). The number of hydrogen-bond acceptors (Lipinski definition) is 0. The molecule has 0 bridgehead atoms. The molecular formula is C14H14. The first-order valence-corrected chi connectivity index (χ1v) is 5.45. The zero-order chi connectivity index (χ0) is 9.38. The second kappa shape index (κ2) is 3.13. The van der Waals surface area contributed by atoms with Gasteiger partial charge >= 0.3 is 0 Å². The topological polar surface area (TPSA) is 0 Å². The van der Waals surface area contributed by atoms with Crippen LogP contribution in [0.5, 0.6) is 0 Å². The lowest BCUT2D eigenvalue weighted by molar-refractivity contribution is 0.690. The fourth-order valence-corrected chi connectivity index (χ4v) is 2.53. The highest BCUT2D eigenvalue weighted by Gasteiger charge is 2.11. The van der Waals surface area contributed by atoms with Crippen molar-refractivity contribution in [1.82, 2.24) is 0 Å². The van der Waals surface area contributed by atoms with Crippen LogP contribution >= 0.6 is 0 Å². The van der Waals surface area contributed by atoms with Gasteiger partial charge in [-0.25, -0.2) is 0 Å². The Labute approximate surface area is 84.6 Å². The Kier molecular flexibility index (Phi) is 1.80. The average Bonchev–Trinajstić information content (AvgIpc) is 2.29. The highest BCUT2D eigenvalue weighted by molar-refractivity contribution is 5.86. The maximum atomic E-state index is 2.32. The highest BCUT2D eigenvalue weighted by Crippen LogP contribution is 2.28. The maximum absolute atomic E-state index is 2.32. The first-order chi connectivity index (χ1) is 6.95. The summed E-state index contributed by atoms with van der Waals surface area (Å²) in [4.78, 5) is 0. The van der Waals surface area contributed by atoms with Gasteiger partial charge in [-0.1, -0.05) is 36.4 Å². The first-order valence-electron chi connectivity index (χ1n) is 5.45. The summed E-state index contributed by atoms with van der Waals surface area (Å²) in [6.45, 7) is 0. The Bertz CT molecular complexity index is 468. The molecule has 2 aromatic carbocycles. The van der Waals surface area contributed by atoms with Gasteiger partial charge in [0.05, 0.1) is 0 Å². The third kappa shape index (κ3) is 1.14. The van der Waals surface area contributed by atoms with Crippen LogP contribution in [-0.4, -0.2) is 0 Å². The van der Waals surface area contributed by atoms with Gasteiger partial charge in [0.15, 0.2) is 0 Å². The lowest BCUT2D eigenvalue weighted by atomic mass is 9.88. The van der Waals surface area contributed by atoms with E-state index in [1.165, 1.54) is 36.5 Å².